The lowest BCUT2D eigenvalue weighted by Gasteiger charge is -2.27. The number of rotatable bonds is 5. The summed E-state index contributed by atoms with van der Waals surface area (Å²) in [6, 6.07) is 17.5. The largest absolute Gasteiger partial charge is 0.321 e. The molecular weight excluding hydrogens is 511 g/mol. The smallest absolute Gasteiger partial charge is 0.257 e. The number of benzene rings is 2. The molecule has 0 saturated carbocycles. The number of amides is 3. The van der Waals surface area contributed by atoms with E-state index in [1.807, 2.05) is 48.7 Å². The fourth-order valence-corrected chi connectivity index (χ4v) is 4.54. The van der Waals surface area contributed by atoms with E-state index in [2.05, 4.69) is 22.6 Å². The maximum atomic E-state index is 13.4. The van der Waals surface area contributed by atoms with E-state index in [1.54, 1.807) is 24.3 Å². The predicted octanol–water partition coefficient (Wildman–Crippen LogP) is 4.64. The second-order valence-corrected chi connectivity index (χ2v) is 9.42. The van der Waals surface area contributed by atoms with Crippen molar-refractivity contribution in [3.05, 3.63) is 85.6 Å². The molecule has 1 unspecified atom stereocenters. The summed E-state index contributed by atoms with van der Waals surface area (Å²) in [4.78, 5) is 43.1. The first-order chi connectivity index (χ1) is 14.4. The third kappa shape index (κ3) is 4.17. The summed E-state index contributed by atoms with van der Waals surface area (Å²) < 4.78 is 1.01. The quantitative estimate of drug-likeness (QED) is 0.357. The van der Waals surface area contributed by atoms with Crippen molar-refractivity contribution in [3.8, 4) is 0 Å². The summed E-state index contributed by atoms with van der Waals surface area (Å²) in [5, 5.41) is 1.93. The summed E-state index contributed by atoms with van der Waals surface area (Å²) in [6.07, 6.45) is -0.0200. The number of hydrogen-bond donors (Lipinski definition) is 0. The monoisotopic (exact) mass is 530 g/mol. The minimum atomic E-state index is -0.826. The first kappa shape index (κ1) is 20.7. The van der Waals surface area contributed by atoms with Gasteiger partial charge in [-0.15, -0.1) is 11.3 Å². The van der Waals surface area contributed by atoms with Gasteiger partial charge < -0.3 is 4.90 Å². The third-order valence-corrected chi connectivity index (χ3v) is 6.63. The van der Waals surface area contributed by atoms with Crippen molar-refractivity contribution in [2.24, 2.45) is 0 Å². The Balaban J connectivity index is 1.67. The van der Waals surface area contributed by atoms with Gasteiger partial charge in [-0.25, -0.2) is 4.90 Å². The SMILES string of the molecule is Cc1ccc(C(=O)N(Cc2cccs2)C2CC(=O)N(c3ccc(I)cc3)C2=O)cc1. The van der Waals surface area contributed by atoms with Gasteiger partial charge in [0.25, 0.3) is 11.8 Å². The summed E-state index contributed by atoms with van der Waals surface area (Å²) >= 11 is 3.70. The number of nitrogens with zero attached hydrogens (tertiary/aromatic N) is 2. The van der Waals surface area contributed by atoms with Crippen LogP contribution in [0.1, 0.15) is 27.2 Å². The Morgan fingerprint density at radius 2 is 1.80 bits per heavy atom. The number of hydrogen-bond acceptors (Lipinski definition) is 4. The van der Waals surface area contributed by atoms with Crippen LogP contribution < -0.4 is 4.90 Å². The molecule has 0 bridgehead atoms. The molecule has 1 aromatic heterocycles. The van der Waals surface area contributed by atoms with Gasteiger partial charge in [0.05, 0.1) is 18.7 Å². The first-order valence-electron chi connectivity index (χ1n) is 9.46. The highest BCUT2D eigenvalue weighted by atomic mass is 127. The molecule has 1 fully saturated rings. The molecule has 1 aliphatic heterocycles. The second kappa shape index (κ2) is 8.69. The molecule has 5 nitrogen and oxygen atoms in total. The van der Waals surface area contributed by atoms with Gasteiger partial charge in [0.1, 0.15) is 6.04 Å². The average Bonchev–Trinajstić information content (AvgIpc) is 3.35. The van der Waals surface area contributed by atoms with Gasteiger partial charge in [-0.2, -0.15) is 0 Å². The van der Waals surface area contributed by atoms with E-state index in [1.165, 1.54) is 21.1 Å². The van der Waals surface area contributed by atoms with Crippen molar-refractivity contribution < 1.29 is 14.4 Å². The van der Waals surface area contributed by atoms with E-state index < -0.39 is 6.04 Å². The minimum absolute atomic E-state index is 0.0200. The van der Waals surface area contributed by atoms with Crippen LogP contribution in [0.3, 0.4) is 0 Å². The standard InChI is InChI=1S/C23H19IN2O3S/c1-15-4-6-16(7-5-15)22(28)25(14-19-3-2-12-30-19)20-13-21(27)26(23(20)29)18-10-8-17(24)9-11-18/h2-12,20H,13-14H2,1H3. The molecule has 0 radical (unpaired) electrons. The molecule has 2 aromatic carbocycles. The van der Waals surface area contributed by atoms with Gasteiger partial charge in [0.2, 0.25) is 5.91 Å². The number of anilines is 1. The molecule has 0 aliphatic carbocycles. The van der Waals surface area contributed by atoms with Crippen molar-refractivity contribution in [2.45, 2.75) is 25.9 Å². The second-order valence-electron chi connectivity index (χ2n) is 7.14. The molecule has 1 saturated heterocycles. The molecule has 1 atom stereocenters. The van der Waals surface area contributed by atoms with E-state index in [9.17, 15) is 14.4 Å². The van der Waals surface area contributed by atoms with Crippen LogP contribution in [0.25, 0.3) is 0 Å². The molecule has 7 heteroatoms. The predicted molar refractivity (Wildman–Crippen MR) is 125 cm³/mol. The van der Waals surface area contributed by atoms with Crippen molar-refractivity contribution in [1.29, 1.82) is 0 Å². The van der Waals surface area contributed by atoms with Crippen LogP contribution in [-0.4, -0.2) is 28.7 Å². The zero-order chi connectivity index (χ0) is 21.3. The average molecular weight is 530 g/mol. The van der Waals surface area contributed by atoms with E-state index in [0.29, 0.717) is 11.3 Å². The highest BCUT2D eigenvalue weighted by molar-refractivity contribution is 14.1. The molecule has 152 valence electrons. The van der Waals surface area contributed by atoms with Gasteiger partial charge in [-0.05, 0) is 77.4 Å². The first-order valence-corrected chi connectivity index (χ1v) is 11.4. The molecular formula is C23H19IN2O3S. The molecule has 0 N–H and O–H groups in total. The summed E-state index contributed by atoms with van der Waals surface area (Å²) in [5.41, 5.74) is 2.09. The van der Waals surface area contributed by atoms with Gasteiger partial charge in [-0.1, -0.05) is 23.8 Å². The molecule has 0 spiro atoms. The molecule has 3 amide bonds. The molecule has 2 heterocycles. The Hall–Kier alpha value is -2.52. The number of aryl methyl sites for hydroxylation is 1. The fraction of sp³-hybridized carbons (Fsp3) is 0.174. The Morgan fingerprint density at radius 3 is 2.43 bits per heavy atom. The van der Waals surface area contributed by atoms with Gasteiger partial charge in [0.15, 0.2) is 0 Å². The van der Waals surface area contributed by atoms with Crippen LogP contribution >= 0.6 is 33.9 Å². The number of carbonyl (C=O) groups is 3. The van der Waals surface area contributed by atoms with Crippen molar-refractivity contribution >= 4 is 57.3 Å². The lowest BCUT2D eigenvalue weighted by atomic mass is 10.1. The Morgan fingerprint density at radius 1 is 1.10 bits per heavy atom. The normalized spacial score (nSPS) is 16.2. The van der Waals surface area contributed by atoms with E-state index in [-0.39, 0.29) is 30.7 Å². The summed E-state index contributed by atoms with van der Waals surface area (Å²) in [6.45, 7) is 2.24. The topological polar surface area (TPSA) is 57.7 Å². The maximum absolute atomic E-state index is 13.4. The minimum Gasteiger partial charge on any atom is -0.321 e. The Labute approximate surface area is 192 Å². The highest BCUT2D eigenvalue weighted by Gasteiger charge is 2.44. The van der Waals surface area contributed by atoms with Gasteiger partial charge in [-0.3, -0.25) is 14.4 Å². The number of halogens is 1. The number of carbonyl (C=O) groups excluding carboxylic acids is 3. The van der Waals surface area contributed by atoms with Crippen molar-refractivity contribution in [2.75, 3.05) is 4.90 Å². The lowest BCUT2D eigenvalue weighted by molar-refractivity contribution is -0.122. The van der Waals surface area contributed by atoms with Crippen LogP contribution in [0, 0.1) is 10.5 Å². The van der Waals surface area contributed by atoms with E-state index >= 15 is 0 Å². The number of thiophene rings is 1. The Kier molecular flexibility index (Phi) is 6.01. The lowest BCUT2D eigenvalue weighted by Crippen LogP contribution is -2.45. The van der Waals surface area contributed by atoms with Crippen LogP contribution in [0.5, 0.6) is 0 Å². The summed E-state index contributed by atoms with van der Waals surface area (Å²) in [7, 11) is 0. The zero-order valence-corrected chi connectivity index (χ0v) is 19.2. The maximum Gasteiger partial charge on any atom is 0.257 e. The van der Waals surface area contributed by atoms with Crippen LogP contribution in [-0.2, 0) is 16.1 Å². The van der Waals surface area contributed by atoms with Crippen molar-refractivity contribution in [1.82, 2.24) is 4.90 Å². The van der Waals surface area contributed by atoms with E-state index in [4.69, 9.17) is 0 Å². The molecule has 1 aliphatic rings. The summed E-state index contributed by atoms with van der Waals surface area (Å²) in [5.74, 6) is -0.906. The van der Waals surface area contributed by atoms with Crippen LogP contribution in [0.2, 0.25) is 0 Å². The third-order valence-electron chi connectivity index (χ3n) is 5.05. The Bertz CT molecular complexity index is 1080. The van der Waals surface area contributed by atoms with E-state index in [0.717, 1.165) is 14.0 Å². The number of imide groups is 1. The fourth-order valence-electron chi connectivity index (χ4n) is 3.48. The molecule has 3 aromatic rings. The van der Waals surface area contributed by atoms with Gasteiger partial charge >= 0.3 is 0 Å². The highest BCUT2D eigenvalue weighted by Crippen LogP contribution is 2.29. The van der Waals surface area contributed by atoms with Gasteiger partial charge in [0, 0.05) is 14.0 Å². The molecule has 30 heavy (non-hydrogen) atoms. The zero-order valence-electron chi connectivity index (χ0n) is 16.2. The molecule has 4 rings (SSSR count). The van der Waals surface area contributed by atoms with Crippen LogP contribution in [0.4, 0.5) is 5.69 Å². The van der Waals surface area contributed by atoms with Crippen molar-refractivity contribution in [3.63, 3.8) is 0 Å². The van der Waals surface area contributed by atoms with Crippen LogP contribution in [0.15, 0.2) is 66.0 Å².